The minimum atomic E-state index is -0.458. The molecule has 1 rings (SSSR count). The zero-order valence-electron chi connectivity index (χ0n) is 12.4. The van der Waals surface area contributed by atoms with Gasteiger partial charge in [0.05, 0.1) is 12.3 Å². The first-order valence-electron chi connectivity index (χ1n) is 6.54. The van der Waals surface area contributed by atoms with Crippen LogP contribution in [0.3, 0.4) is 0 Å². The summed E-state index contributed by atoms with van der Waals surface area (Å²) in [7, 11) is 0. The van der Waals surface area contributed by atoms with Gasteiger partial charge in [0.2, 0.25) is 0 Å². The van der Waals surface area contributed by atoms with Crippen molar-refractivity contribution in [3.63, 3.8) is 0 Å². The molecule has 0 saturated carbocycles. The summed E-state index contributed by atoms with van der Waals surface area (Å²) in [6.45, 7) is 10.3. The highest BCUT2D eigenvalue weighted by atomic mass is 16.5. The quantitative estimate of drug-likeness (QED) is 0.846. The van der Waals surface area contributed by atoms with E-state index in [1.807, 2.05) is 0 Å². The van der Waals surface area contributed by atoms with Crippen molar-refractivity contribution < 1.29 is 9.53 Å². The molecule has 1 aromatic rings. The summed E-state index contributed by atoms with van der Waals surface area (Å²) in [6.07, 6.45) is 1.71. The van der Waals surface area contributed by atoms with Crippen LogP contribution < -0.4 is 5.73 Å². The van der Waals surface area contributed by atoms with Crippen LogP contribution in [0, 0.1) is 12.3 Å². The average molecular weight is 265 g/mol. The number of nitrogens with two attached hydrogens (primary N) is 1. The molecule has 0 amide bonds. The van der Waals surface area contributed by atoms with Crippen LogP contribution in [0.2, 0.25) is 0 Å². The standard InChI is InChI=1S/C14H23N3O2/c1-6-19-13(18)11-9(2)16-10(17-12(11)15)7-8-14(3,4)5/h6-8H2,1-5H3,(H2,15,16,17). The van der Waals surface area contributed by atoms with E-state index in [4.69, 9.17) is 10.5 Å². The third-order valence-corrected chi connectivity index (χ3v) is 2.74. The molecule has 0 aliphatic rings. The second kappa shape index (κ2) is 5.99. The van der Waals surface area contributed by atoms with E-state index in [-0.39, 0.29) is 16.8 Å². The first-order valence-corrected chi connectivity index (χ1v) is 6.54. The van der Waals surface area contributed by atoms with E-state index >= 15 is 0 Å². The van der Waals surface area contributed by atoms with Crippen molar-refractivity contribution in [3.05, 3.63) is 17.1 Å². The molecule has 1 heterocycles. The molecule has 0 bridgehead atoms. The number of esters is 1. The molecule has 2 N–H and O–H groups in total. The number of hydrogen-bond acceptors (Lipinski definition) is 5. The maximum absolute atomic E-state index is 11.7. The van der Waals surface area contributed by atoms with Gasteiger partial charge in [-0.1, -0.05) is 20.8 Å². The molecule has 0 unspecified atom stereocenters. The average Bonchev–Trinajstić information content (AvgIpc) is 2.25. The van der Waals surface area contributed by atoms with Crippen molar-refractivity contribution in [1.82, 2.24) is 9.97 Å². The molecule has 0 spiro atoms. The molecule has 0 aliphatic carbocycles. The molecule has 0 aromatic carbocycles. The Hall–Kier alpha value is -1.65. The van der Waals surface area contributed by atoms with Gasteiger partial charge >= 0.3 is 5.97 Å². The summed E-state index contributed by atoms with van der Waals surface area (Å²) in [4.78, 5) is 20.3. The van der Waals surface area contributed by atoms with E-state index in [1.165, 1.54) is 0 Å². The van der Waals surface area contributed by atoms with Gasteiger partial charge in [-0.25, -0.2) is 14.8 Å². The smallest absolute Gasteiger partial charge is 0.343 e. The lowest BCUT2D eigenvalue weighted by Crippen LogP contribution is -2.16. The molecular weight excluding hydrogens is 242 g/mol. The van der Waals surface area contributed by atoms with Crippen LogP contribution in [0.25, 0.3) is 0 Å². The summed E-state index contributed by atoms with van der Waals surface area (Å²) < 4.78 is 4.94. The van der Waals surface area contributed by atoms with Gasteiger partial charge in [-0.15, -0.1) is 0 Å². The lowest BCUT2D eigenvalue weighted by Gasteiger charge is -2.17. The van der Waals surface area contributed by atoms with Crippen molar-refractivity contribution in [3.8, 4) is 0 Å². The summed E-state index contributed by atoms with van der Waals surface area (Å²) in [5.41, 5.74) is 6.91. The van der Waals surface area contributed by atoms with E-state index in [1.54, 1.807) is 13.8 Å². The predicted molar refractivity (Wildman–Crippen MR) is 74.9 cm³/mol. The number of nitrogens with zero attached hydrogens (tertiary/aromatic N) is 2. The second-order valence-electron chi connectivity index (χ2n) is 5.77. The van der Waals surface area contributed by atoms with E-state index in [0.717, 1.165) is 12.8 Å². The summed E-state index contributed by atoms with van der Waals surface area (Å²) in [5.74, 6) is 0.424. The second-order valence-corrected chi connectivity index (χ2v) is 5.77. The van der Waals surface area contributed by atoms with Crippen LogP contribution in [-0.4, -0.2) is 22.5 Å². The van der Waals surface area contributed by atoms with Gasteiger partial charge in [0.25, 0.3) is 0 Å². The Morgan fingerprint density at radius 3 is 2.42 bits per heavy atom. The molecule has 19 heavy (non-hydrogen) atoms. The minimum absolute atomic E-state index is 0.204. The van der Waals surface area contributed by atoms with Crippen molar-refractivity contribution in [2.45, 2.75) is 47.5 Å². The number of rotatable bonds is 4. The van der Waals surface area contributed by atoms with Gasteiger partial charge < -0.3 is 10.5 Å². The lowest BCUT2D eigenvalue weighted by molar-refractivity contribution is 0.0525. The summed E-state index contributed by atoms with van der Waals surface area (Å²) in [6, 6.07) is 0. The summed E-state index contributed by atoms with van der Waals surface area (Å²) in [5, 5.41) is 0. The minimum Gasteiger partial charge on any atom is -0.462 e. The Kier molecular flexibility index (Phi) is 4.86. The zero-order valence-corrected chi connectivity index (χ0v) is 12.4. The van der Waals surface area contributed by atoms with Gasteiger partial charge in [-0.2, -0.15) is 0 Å². The monoisotopic (exact) mass is 265 g/mol. The number of hydrogen-bond donors (Lipinski definition) is 1. The van der Waals surface area contributed by atoms with E-state index in [0.29, 0.717) is 18.1 Å². The summed E-state index contributed by atoms with van der Waals surface area (Å²) >= 11 is 0. The number of ether oxygens (including phenoxy) is 1. The Labute approximate surface area is 114 Å². The van der Waals surface area contributed by atoms with E-state index in [9.17, 15) is 4.79 Å². The Bertz CT molecular complexity index is 441. The number of aryl methyl sites for hydroxylation is 2. The van der Waals surface area contributed by atoms with Gasteiger partial charge in [0, 0.05) is 6.42 Å². The van der Waals surface area contributed by atoms with Crippen molar-refractivity contribution in [2.24, 2.45) is 5.41 Å². The van der Waals surface area contributed by atoms with Crippen LogP contribution in [0.5, 0.6) is 0 Å². The molecule has 1 aromatic heterocycles. The molecule has 5 nitrogen and oxygen atoms in total. The van der Waals surface area contributed by atoms with Gasteiger partial charge in [-0.05, 0) is 25.7 Å². The number of nitrogen functional groups attached to an aromatic ring is 1. The third-order valence-electron chi connectivity index (χ3n) is 2.74. The third kappa shape index (κ3) is 4.50. The van der Waals surface area contributed by atoms with Crippen LogP contribution in [0.15, 0.2) is 0 Å². The van der Waals surface area contributed by atoms with Gasteiger partial charge in [0.1, 0.15) is 17.2 Å². The normalized spacial score (nSPS) is 11.4. The van der Waals surface area contributed by atoms with Crippen molar-refractivity contribution >= 4 is 11.8 Å². The van der Waals surface area contributed by atoms with Crippen LogP contribution in [-0.2, 0) is 11.2 Å². The zero-order chi connectivity index (χ0) is 14.6. The molecule has 0 atom stereocenters. The Morgan fingerprint density at radius 1 is 1.32 bits per heavy atom. The molecule has 0 saturated heterocycles. The highest BCUT2D eigenvalue weighted by Crippen LogP contribution is 2.22. The fourth-order valence-corrected chi connectivity index (χ4v) is 1.71. The largest absolute Gasteiger partial charge is 0.462 e. The number of anilines is 1. The number of aromatic nitrogens is 2. The Morgan fingerprint density at radius 2 is 1.95 bits per heavy atom. The SMILES string of the molecule is CCOC(=O)c1c(C)nc(CCC(C)(C)C)nc1N. The molecule has 106 valence electrons. The maximum atomic E-state index is 11.7. The van der Waals surface area contributed by atoms with Gasteiger partial charge in [-0.3, -0.25) is 0 Å². The molecule has 0 aliphatic heterocycles. The molecule has 0 fully saturated rings. The molecule has 0 radical (unpaired) electrons. The number of carbonyl (C=O) groups excluding carboxylic acids is 1. The molecule has 5 heteroatoms. The van der Waals surface area contributed by atoms with Crippen molar-refractivity contribution in [2.75, 3.05) is 12.3 Å². The van der Waals surface area contributed by atoms with E-state index < -0.39 is 5.97 Å². The number of carbonyl (C=O) groups is 1. The highest BCUT2D eigenvalue weighted by molar-refractivity contribution is 5.95. The fraction of sp³-hybridized carbons (Fsp3) is 0.643. The van der Waals surface area contributed by atoms with Crippen LogP contribution >= 0.6 is 0 Å². The Balaban J connectivity index is 2.94. The van der Waals surface area contributed by atoms with Crippen molar-refractivity contribution in [1.29, 1.82) is 0 Å². The maximum Gasteiger partial charge on any atom is 0.343 e. The fourth-order valence-electron chi connectivity index (χ4n) is 1.71. The first-order chi connectivity index (χ1) is 8.74. The van der Waals surface area contributed by atoms with Crippen LogP contribution in [0.1, 0.15) is 56.0 Å². The lowest BCUT2D eigenvalue weighted by atomic mass is 9.90. The molecular formula is C14H23N3O2. The van der Waals surface area contributed by atoms with Gasteiger partial charge in [0.15, 0.2) is 0 Å². The van der Waals surface area contributed by atoms with Crippen LogP contribution in [0.4, 0.5) is 5.82 Å². The first kappa shape index (κ1) is 15.4. The topological polar surface area (TPSA) is 78.1 Å². The van der Waals surface area contributed by atoms with E-state index in [2.05, 4.69) is 30.7 Å². The highest BCUT2D eigenvalue weighted by Gasteiger charge is 2.19. The predicted octanol–water partition coefficient (Wildman–Crippen LogP) is 2.52.